The first-order valence-corrected chi connectivity index (χ1v) is 10.7. The van der Waals surface area contributed by atoms with Crippen molar-refractivity contribution in [3.05, 3.63) is 51.5 Å². The maximum Gasteiger partial charge on any atom is 0.223 e. The van der Waals surface area contributed by atoms with Crippen LogP contribution in [0.1, 0.15) is 54.4 Å². The summed E-state index contributed by atoms with van der Waals surface area (Å²) in [4.78, 5) is 23.2. The predicted molar refractivity (Wildman–Crippen MR) is 114 cm³/mol. The number of guanidine groups is 1. The van der Waals surface area contributed by atoms with Gasteiger partial charge in [-0.2, -0.15) is 0 Å². The van der Waals surface area contributed by atoms with Gasteiger partial charge in [-0.05, 0) is 23.5 Å². The number of amides is 1. The molecule has 2 N–H and O–H groups in total. The highest BCUT2D eigenvalue weighted by atomic mass is 32.1. The number of carbonyl (C=O) groups is 1. The van der Waals surface area contributed by atoms with Crippen LogP contribution in [0.2, 0.25) is 0 Å². The molecule has 2 aromatic rings. The molecule has 1 aliphatic rings. The van der Waals surface area contributed by atoms with E-state index in [2.05, 4.69) is 52.0 Å². The van der Waals surface area contributed by atoms with E-state index in [4.69, 9.17) is 0 Å². The van der Waals surface area contributed by atoms with E-state index in [-0.39, 0.29) is 5.91 Å². The van der Waals surface area contributed by atoms with Crippen molar-refractivity contribution in [2.24, 2.45) is 4.99 Å². The predicted octanol–water partition coefficient (Wildman–Crippen LogP) is 3.25. The summed E-state index contributed by atoms with van der Waals surface area (Å²) in [6.07, 6.45) is 1.32. The molecule has 1 aromatic heterocycles. The van der Waals surface area contributed by atoms with E-state index < -0.39 is 0 Å². The molecular formula is C21H29N5OS. The first-order valence-electron chi connectivity index (χ1n) is 9.80. The quantitative estimate of drug-likeness (QED) is 0.426. The van der Waals surface area contributed by atoms with E-state index in [0.717, 1.165) is 36.2 Å². The highest BCUT2D eigenvalue weighted by Crippen LogP contribution is 2.22. The number of hydrogen-bond acceptors (Lipinski definition) is 4. The van der Waals surface area contributed by atoms with Crippen LogP contribution in [0.15, 0.2) is 34.6 Å². The van der Waals surface area contributed by atoms with Gasteiger partial charge in [-0.15, -0.1) is 11.3 Å². The van der Waals surface area contributed by atoms with Gasteiger partial charge in [0.15, 0.2) is 5.96 Å². The van der Waals surface area contributed by atoms with E-state index in [1.54, 1.807) is 18.4 Å². The van der Waals surface area contributed by atoms with Crippen molar-refractivity contribution in [3.8, 4) is 0 Å². The van der Waals surface area contributed by atoms with E-state index in [9.17, 15) is 4.79 Å². The molecular weight excluding hydrogens is 370 g/mol. The SMILES string of the molecule is CN=C(NCCCC(=O)N1Cc2ccccc2C1)NCc1nc(C(C)C)cs1. The summed E-state index contributed by atoms with van der Waals surface area (Å²) in [6.45, 7) is 7.13. The summed E-state index contributed by atoms with van der Waals surface area (Å²) in [5.41, 5.74) is 3.66. The minimum atomic E-state index is 0.213. The number of carbonyl (C=O) groups excluding carboxylic acids is 1. The van der Waals surface area contributed by atoms with Gasteiger partial charge in [-0.1, -0.05) is 38.1 Å². The molecule has 1 amide bonds. The van der Waals surface area contributed by atoms with Crippen molar-refractivity contribution < 1.29 is 4.79 Å². The zero-order valence-electron chi connectivity index (χ0n) is 16.9. The Balaban J connectivity index is 1.35. The van der Waals surface area contributed by atoms with Gasteiger partial charge in [0.05, 0.1) is 12.2 Å². The Bertz CT molecular complexity index is 805. The highest BCUT2D eigenvalue weighted by Gasteiger charge is 2.22. The third kappa shape index (κ3) is 5.32. The van der Waals surface area contributed by atoms with Gasteiger partial charge in [-0.25, -0.2) is 4.98 Å². The van der Waals surface area contributed by atoms with Crippen LogP contribution in [0.4, 0.5) is 0 Å². The lowest BCUT2D eigenvalue weighted by molar-refractivity contribution is -0.131. The van der Waals surface area contributed by atoms with Crippen LogP contribution in [0.25, 0.3) is 0 Å². The van der Waals surface area contributed by atoms with E-state index in [0.29, 0.717) is 25.4 Å². The van der Waals surface area contributed by atoms with Crippen molar-refractivity contribution >= 4 is 23.2 Å². The second-order valence-corrected chi connectivity index (χ2v) is 8.24. The maximum absolute atomic E-state index is 12.4. The molecule has 6 nitrogen and oxygen atoms in total. The Hall–Kier alpha value is -2.41. The lowest BCUT2D eigenvalue weighted by Gasteiger charge is -2.16. The number of aliphatic imine (C=N–C) groups is 1. The first-order chi connectivity index (χ1) is 13.6. The van der Waals surface area contributed by atoms with E-state index >= 15 is 0 Å². The summed E-state index contributed by atoms with van der Waals surface area (Å²) in [5.74, 6) is 1.40. The number of rotatable bonds is 7. The lowest BCUT2D eigenvalue weighted by Crippen LogP contribution is -2.37. The number of fused-ring (bicyclic) bond motifs is 1. The molecule has 7 heteroatoms. The Labute approximate surface area is 171 Å². The standard InChI is InChI=1S/C21H29N5OS/c1-15(2)18-14-28-19(25-18)11-24-21(22-3)23-10-6-9-20(27)26-12-16-7-4-5-8-17(16)13-26/h4-5,7-8,14-15H,6,9-13H2,1-3H3,(H2,22,23,24). The average molecular weight is 400 g/mol. The monoisotopic (exact) mass is 399 g/mol. The molecule has 0 spiro atoms. The van der Waals surface area contributed by atoms with Crippen LogP contribution in [-0.2, 0) is 24.4 Å². The van der Waals surface area contributed by atoms with Crippen molar-refractivity contribution in [1.29, 1.82) is 0 Å². The van der Waals surface area contributed by atoms with Gasteiger partial charge in [0.2, 0.25) is 5.91 Å². The van der Waals surface area contributed by atoms with Crippen LogP contribution in [0, 0.1) is 0 Å². The summed E-state index contributed by atoms with van der Waals surface area (Å²) in [6, 6.07) is 8.27. The normalized spacial score (nSPS) is 13.7. The number of aromatic nitrogens is 1. The Kier molecular flexibility index (Phi) is 7.03. The van der Waals surface area contributed by atoms with Crippen molar-refractivity contribution in [2.45, 2.75) is 52.2 Å². The van der Waals surface area contributed by atoms with Crippen LogP contribution < -0.4 is 10.6 Å². The molecule has 0 saturated heterocycles. The third-order valence-electron chi connectivity index (χ3n) is 4.85. The fourth-order valence-electron chi connectivity index (χ4n) is 3.17. The maximum atomic E-state index is 12.4. The topological polar surface area (TPSA) is 69.6 Å². The molecule has 0 atom stereocenters. The van der Waals surface area contributed by atoms with E-state index in [1.165, 1.54) is 11.1 Å². The molecule has 0 aliphatic carbocycles. The highest BCUT2D eigenvalue weighted by molar-refractivity contribution is 7.09. The zero-order chi connectivity index (χ0) is 19.9. The van der Waals surface area contributed by atoms with Gasteiger partial charge in [0.1, 0.15) is 5.01 Å². The Morgan fingerprint density at radius 1 is 1.25 bits per heavy atom. The fourth-order valence-corrected chi connectivity index (χ4v) is 4.06. The molecule has 3 rings (SSSR count). The third-order valence-corrected chi connectivity index (χ3v) is 5.71. The number of nitrogens with zero attached hydrogens (tertiary/aromatic N) is 3. The van der Waals surface area contributed by atoms with Crippen LogP contribution in [-0.4, -0.2) is 35.3 Å². The molecule has 150 valence electrons. The number of benzene rings is 1. The smallest absolute Gasteiger partial charge is 0.223 e. The van der Waals surface area contributed by atoms with Gasteiger partial charge in [0, 0.05) is 38.5 Å². The molecule has 28 heavy (non-hydrogen) atoms. The van der Waals surface area contributed by atoms with Crippen molar-refractivity contribution in [1.82, 2.24) is 20.5 Å². The molecule has 1 aliphatic heterocycles. The molecule has 2 heterocycles. The largest absolute Gasteiger partial charge is 0.356 e. The van der Waals surface area contributed by atoms with Gasteiger partial charge >= 0.3 is 0 Å². The number of hydrogen-bond donors (Lipinski definition) is 2. The summed E-state index contributed by atoms with van der Waals surface area (Å²) in [5, 5.41) is 9.72. The fraction of sp³-hybridized carbons (Fsp3) is 0.476. The zero-order valence-corrected chi connectivity index (χ0v) is 17.7. The van der Waals surface area contributed by atoms with Crippen LogP contribution in [0.3, 0.4) is 0 Å². The van der Waals surface area contributed by atoms with Crippen LogP contribution >= 0.6 is 11.3 Å². The minimum absolute atomic E-state index is 0.213. The van der Waals surface area contributed by atoms with Gasteiger partial charge in [-0.3, -0.25) is 9.79 Å². The first kappa shape index (κ1) is 20.3. The average Bonchev–Trinajstić information content (AvgIpc) is 3.34. The summed E-state index contributed by atoms with van der Waals surface area (Å²) < 4.78 is 0. The molecule has 0 bridgehead atoms. The molecule has 0 radical (unpaired) electrons. The molecule has 1 aromatic carbocycles. The van der Waals surface area contributed by atoms with Crippen molar-refractivity contribution in [2.75, 3.05) is 13.6 Å². The van der Waals surface area contributed by atoms with Crippen LogP contribution in [0.5, 0.6) is 0 Å². The van der Waals surface area contributed by atoms with Crippen molar-refractivity contribution in [3.63, 3.8) is 0 Å². The van der Waals surface area contributed by atoms with E-state index in [1.807, 2.05) is 17.0 Å². The second-order valence-electron chi connectivity index (χ2n) is 7.30. The van der Waals surface area contributed by atoms with Gasteiger partial charge in [0.25, 0.3) is 0 Å². The molecule has 0 unspecified atom stereocenters. The Morgan fingerprint density at radius 3 is 2.57 bits per heavy atom. The summed E-state index contributed by atoms with van der Waals surface area (Å²) in [7, 11) is 1.75. The number of thiazole rings is 1. The minimum Gasteiger partial charge on any atom is -0.356 e. The second kappa shape index (κ2) is 9.68. The molecule has 0 fully saturated rings. The Morgan fingerprint density at radius 2 is 1.96 bits per heavy atom. The molecule has 0 saturated carbocycles. The lowest BCUT2D eigenvalue weighted by atomic mass is 10.1. The number of nitrogens with one attached hydrogen (secondary N) is 2. The summed E-state index contributed by atoms with van der Waals surface area (Å²) >= 11 is 1.66. The van der Waals surface area contributed by atoms with Gasteiger partial charge < -0.3 is 15.5 Å².